The Hall–Kier alpha value is -0.810. The second-order valence-corrected chi connectivity index (χ2v) is 10.0. The van der Waals surface area contributed by atoms with Gasteiger partial charge in [0.2, 0.25) is 5.79 Å². The Kier molecular flexibility index (Phi) is 24.1. The average molecular weight is 593 g/mol. The van der Waals surface area contributed by atoms with Gasteiger partial charge in [0.25, 0.3) is 5.79 Å². The Balaban J connectivity index is 6.04. The molecule has 0 saturated carbocycles. The molecule has 0 aromatic carbocycles. The lowest BCUT2D eigenvalue weighted by atomic mass is 9.89. The summed E-state index contributed by atoms with van der Waals surface area (Å²) in [5.74, 6) is -6.59. The minimum atomic E-state index is -2.18. The average Bonchev–Trinajstić information content (AvgIpc) is 2.96. The second-order valence-electron chi connectivity index (χ2n) is 10.0. The summed E-state index contributed by atoms with van der Waals surface area (Å²) in [4.78, 5) is 24.0. The smallest absolute Gasteiger partial charge is 0.345 e. The third-order valence-electron chi connectivity index (χ3n) is 6.96. The number of hydrogen-bond donors (Lipinski definition) is 0. The predicted molar refractivity (Wildman–Crippen MR) is 161 cm³/mol. The SMILES string of the molecule is CCCCCCCCCCCCCCC(OCC)(OCC)C(OCC)(OCC)C(OCC)(OCC)C(=O)OOCC. The lowest BCUT2D eigenvalue weighted by molar-refractivity contribution is -0.490. The normalized spacial score (nSPS) is 12.7. The van der Waals surface area contributed by atoms with E-state index in [2.05, 4.69) is 6.92 Å². The highest BCUT2D eigenvalue weighted by Crippen LogP contribution is 2.48. The third kappa shape index (κ3) is 12.4. The lowest BCUT2D eigenvalue weighted by Gasteiger charge is -2.54. The van der Waals surface area contributed by atoms with Crippen LogP contribution in [0.15, 0.2) is 0 Å². The van der Waals surface area contributed by atoms with E-state index in [0.29, 0.717) is 6.42 Å². The summed E-state index contributed by atoms with van der Waals surface area (Å²) in [7, 11) is 0. The van der Waals surface area contributed by atoms with Crippen molar-refractivity contribution >= 4 is 5.97 Å². The Labute approximate surface area is 251 Å². The van der Waals surface area contributed by atoms with Crippen molar-refractivity contribution in [1.82, 2.24) is 0 Å². The van der Waals surface area contributed by atoms with Crippen LogP contribution in [-0.4, -0.2) is 69.6 Å². The van der Waals surface area contributed by atoms with Crippen molar-refractivity contribution in [2.75, 3.05) is 46.2 Å². The van der Waals surface area contributed by atoms with Crippen LogP contribution in [0.1, 0.15) is 139 Å². The number of hydrogen-bond acceptors (Lipinski definition) is 9. The summed E-state index contributed by atoms with van der Waals surface area (Å²) >= 11 is 0. The van der Waals surface area contributed by atoms with Crippen molar-refractivity contribution < 1.29 is 43.0 Å². The van der Waals surface area contributed by atoms with E-state index in [9.17, 15) is 4.79 Å². The van der Waals surface area contributed by atoms with Gasteiger partial charge in [-0.05, 0) is 54.9 Å². The van der Waals surface area contributed by atoms with E-state index in [1.54, 1.807) is 20.8 Å². The molecule has 0 N–H and O–H groups in total. The molecule has 0 atom stereocenters. The van der Waals surface area contributed by atoms with Crippen LogP contribution in [0.3, 0.4) is 0 Å². The molecule has 246 valence electrons. The van der Waals surface area contributed by atoms with Crippen LogP contribution in [0, 0.1) is 0 Å². The highest BCUT2D eigenvalue weighted by atomic mass is 17.2. The number of unbranched alkanes of at least 4 members (excludes halogenated alkanes) is 11. The maximum absolute atomic E-state index is 13.8. The molecule has 0 saturated heterocycles. The van der Waals surface area contributed by atoms with Gasteiger partial charge in [0.05, 0.1) is 6.61 Å². The summed E-state index contributed by atoms with van der Waals surface area (Å²) < 4.78 is 37.9. The Bertz CT molecular complexity index is 596. The molecule has 9 heteroatoms. The molecule has 41 heavy (non-hydrogen) atoms. The highest BCUT2D eigenvalue weighted by Gasteiger charge is 2.75. The lowest BCUT2D eigenvalue weighted by Crippen LogP contribution is -2.76. The van der Waals surface area contributed by atoms with Gasteiger partial charge in [-0.1, -0.05) is 77.6 Å². The van der Waals surface area contributed by atoms with E-state index in [4.69, 9.17) is 38.2 Å². The van der Waals surface area contributed by atoms with Crippen molar-refractivity contribution in [3.63, 3.8) is 0 Å². The monoisotopic (exact) mass is 592 g/mol. The topological polar surface area (TPSA) is 90.9 Å². The van der Waals surface area contributed by atoms with Gasteiger partial charge in [-0.15, -0.1) is 0 Å². The van der Waals surface area contributed by atoms with Gasteiger partial charge in [-0.3, -0.25) is 4.89 Å². The molecule has 9 nitrogen and oxygen atoms in total. The molecule has 0 aliphatic heterocycles. The van der Waals surface area contributed by atoms with Crippen LogP contribution in [0.25, 0.3) is 0 Å². The maximum atomic E-state index is 13.8. The molecule has 0 aliphatic carbocycles. The molecule has 0 fully saturated rings. The molecule has 0 heterocycles. The largest absolute Gasteiger partial charge is 0.407 e. The Morgan fingerprint density at radius 3 is 1.22 bits per heavy atom. The first-order valence-corrected chi connectivity index (χ1v) is 16.6. The van der Waals surface area contributed by atoms with E-state index in [1.807, 2.05) is 27.7 Å². The van der Waals surface area contributed by atoms with Crippen molar-refractivity contribution in [3.05, 3.63) is 0 Å². The van der Waals surface area contributed by atoms with Gasteiger partial charge in [0, 0.05) is 46.1 Å². The van der Waals surface area contributed by atoms with E-state index < -0.39 is 23.3 Å². The fraction of sp³-hybridized carbons (Fsp3) is 0.969. The zero-order chi connectivity index (χ0) is 30.9. The van der Waals surface area contributed by atoms with E-state index >= 15 is 0 Å². The van der Waals surface area contributed by atoms with Gasteiger partial charge in [0.15, 0.2) is 0 Å². The van der Waals surface area contributed by atoms with E-state index in [0.717, 1.165) is 19.3 Å². The van der Waals surface area contributed by atoms with Gasteiger partial charge >= 0.3 is 11.8 Å². The summed E-state index contributed by atoms with van der Waals surface area (Å²) in [6, 6.07) is 0. The first-order chi connectivity index (χ1) is 19.9. The summed E-state index contributed by atoms with van der Waals surface area (Å²) in [6.07, 6.45) is 15.0. The van der Waals surface area contributed by atoms with Crippen LogP contribution >= 0.6 is 0 Å². The van der Waals surface area contributed by atoms with Gasteiger partial charge in [-0.2, -0.15) is 4.89 Å². The summed E-state index contributed by atoms with van der Waals surface area (Å²) in [5, 5.41) is 0. The van der Waals surface area contributed by atoms with Gasteiger partial charge in [-0.25, -0.2) is 4.79 Å². The zero-order valence-electron chi connectivity index (χ0n) is 27.8. The molecule has 0 rings (SSSR count). The fourth-order valence-corrected chi connectivity index (χ4v) is 5.37. The van der Waals surface area contributed by atoms with Gasteiger partial charge in [0.1, 0.15) is 0 Å². The van der Waals surface area contributed by atoms with Crippen molar-refractivity contribution in [2.45, 2.75) is 156 Å². The first kappa shape index (κ1) is 40.2. The second kappa shape index (κ2) is 24.6. The molecule has 0 aromatic heterocycles. The van der Waals surface area contributed by atoms with Crippen molar-refractivity contribution in [2.24, 2.45) is 0 Å². The number of ether oxygens (including phenoxy) is 6. The van der Waals surface area contributed by atoms with Crippen LogP contribution in [-0.2, 0) is 43.0 Å². The van der Waals surface area contributed by atoms with Crippen LogP contribution in [0.5, 0.6) is 0 Å². The summed E-state index contributed by atoms with van der Waals surface area (Å²) in [5.41, 5.74) is 0. The molecule has 0 bridgehead atoms. The Morgan fingerprint density at radius 1 is 0.463 bits per heavy atom. The molecule has 0 unspecified atom stereocenters. The minimum Gasteiger partial charge on any atom is -0.345 e. The zero-order valence-corrected chi connectivity index (χ0v) is 27.8. The molecule has 0 spiro atoms. The highest BCUT2D eigenvalue weighted by molar-refractivity contribution is 5.79. The number of carbonyl (C=O) groups excluding carboxylic acids is 1. The molecule has 0 radical (unpaired) electrons. The quantitative estimate of drug-likeness (QED) is 0.0357. The summed E-state index contributed by atoms with van der Waals surface area (Å²) in [6.45, 7) is 16.2. The standard InChI is InChI=1S/C32H64O9/c1-9-17-18-19-20-21-22-23-24-25-26-27-28-30(34-10-2,35-11-3)32(38-14-6,39-15-7)31(36-12-4,37-13-5)29(33)41-40-16-8/h9-28H2,1-8H3. The molecular formula is C32H64O9. The first-order valence-electron chi connectivity index (χ1n) is 16.6. The van der Waals surface area contributed by atoms with Crippen LogP contribution in [0.2, 0.25) is 0 Å². The molecular weight excluding hydrogens is 528 g/mol. The number of carbonyl (C=O) groups is 1. The molecule has 0 aliphatic rings. The fourth-order valence-electron chi connectivity index (χ4n) is 5.37. The minimum absolute atomic E-state index is 0.107. The van der Waals surface area contributed by atoms with Crippen LogP contribution in [0.4, 0.5) is 0 Å². The molecule has 0 aromatic rings. The number of rotatable bonds is 30. The van der Waals surface area contributed by atoms with E-state index in [-0.39, 0.29) is 46.2 Å². The van der Waals surface area contributed by atoms with Gasteiger partial charge < -0.3 is 28.4 Å². The maximum Gasteiger partial charge on any atom is 0.407 e. The molecule has 0 amide bonds. The third-order valence-corrected chi connectivity index (χ3v) is 6.96. The van der Waals surface area contributed by atoms with Crippen LogP contribution < -0.4 is 0 Å². The predicted octanol–water partition coefficient (Wildman–Crippen LogP) is 7.88. The van der Waals surface area contributed by atoms with Crippen molar-refractivity contribution in [1.29, 1.82) is 0 Å². The van der Waals surface area contributed by atoms with E-state index in [1.165, 1.54) is 57.8 Å². The van der Waals surface area contributed by atoms with Crippen molar-refractivity contribution in [3.8, 4) is 0 Å². The Morgan fingerprint density at radius 2 is 0.854 bits per heavy atom.